The minimum atomic E-state index is -0.324. The van der Waals surface area contributed by atoms with Gasteiger partial charge in [-0.3, -0.25) is 0 Å². The molecule has 1 nitrogen and oxygen atoms in total. The van der Waals surface area contributed by atoms with Gasteiger partial charge in [-0.2, -0.15) is 0 Å². The van der Waals surface area contributed by atoms with Gasteiger partial charge in [0.1, 0.15) is 6.61 Å². The molecule has 3 aromatic rings. The van der Waals surface area contributed by atoms with Crippen molar-refractivity contribution in [2.75, 3.05) is 0 Å². The summed E-state index contributed by atoms with van der Waals surface area (Å²) in [5.41, 5.74) is 4.29. The zero-order valence-electron chi connectivity index (χ0n) is 17.4. The molecule has 29 heavy (non-hydrogen) atoms. The van der Waals surface area contributed by atoms with Crippen LogP contribution in [-0.4, -0.2) is 0 Å². The lowest BCUT2D eigenvalue weighted by Gasteiger charge is -2.10. The van der Waals surface area contributed by atoms with E-state index in [9.17, 15) is 4.39 Å². The lowest BCUT2D eigenvalue weighted by Crippen LogP contribution is -1.97. The van der Waals surface area contributed by atoms with Crippen molar-refractivity contribution in [1.29, 1.82) is 0 Å². The van der Waals surface area contributed by atoms with Gasteiger partial charge in [-0.25, -0.2) is 4.39 Å². The van der Waals surface area contributed by atoms with Crippen LogP contribution < -0.4 is 4.74 Å². The van der Waals surface area contributed by atoms with Crippen molar-refractivity contribution in [2.45, 2.75) is 58.5 Å². The second kappa shape index (κ2) is 11.4. The Hall–Kier alpha value is -2.61. The first-order valence-electron chi connectivity index (χ1n) is 10.8. The highest BCUT2D eigenvalue weighted by molar-refractivity contribution is 5.64. The number of halogens is 1. The standard InChI is InChI=1S/C27H31FO/c1-2-3-4-5-6-8-11-22-14-16-24(17-15-22)25-18-19-27(26(28)20-25)29-21-23-12-9-7-10-13-23/h7,9-10,12-20H,2-6,8,11,21H2,1H3. The normalized spacial score (nSPS) is 10.8. The van der Waals surface area contributed by atoms with Crippen LogP contribution in [0.2, 0.25) is 0 Å². The molecule has 0 radical (unpaired) electrons. The van der Waals surface area contributed by atoms with Gasteiger partial charge in [0.25, 0.3) is 0 Å². The monoisotopic (exact) mass is 390 g/mol. The second-order valence-electron chi connectivity index (χ2n) is 7.63. The number of unbranched alkanes of at least 4 members (excludes halogenated alkanes) is 5. The highest BCUT2D eigenvalue weighted by atomic mass is 19.1. The van der Waals surface area contributed by atoms with E-state index in [4.69, 9.17) is 4.74 Å². The van der Waals surface area contributed by atoms with Crippen molar-refractivity contribution in [3.8, 4) is 16.9 Å². The van der Waals surface area contributed by atoms with E-state index in [0.717, 1.165) is 23.1 Å². The third kappa shape index (κ3) is 6.74. The predicted octanol–water partition coefficient (Wildman–Crippen LogP) is 7.97. The molecule has 0 bridgehead atoms. The van der Waals surface area contributed by atoms with Gasteiger partial charge in [0, 0.05) is 0 Å². The number of aryl methyl sites for hydroxylation is 1. The largest absolute Gasteiger partial charge is 0.486 e. The molecule has 0 unspecified atom stereocenters. The van der Waals surface area contributed by atoms with Crippen molar-refractivity contribution in [2.24, 2.45) is 0 Å². The number of hydrogen-bond donors (Lipinski definition) is 0. The van der Waals surface area contributed by atoms with Crippen LogP contribution in [0.4, 0.5) is 4.39 Å². The molecule has 0 saturated carbocycles. The highest BCUT2D eigenvalue weighted by Crippen LogP contribution is 2.27. The minimum absolute atomic E-state index is 0.289. The fraction of sp³-hybridized carbons (Fsp3) is 0.333. The van der Waals surface area contributed by atoms with E-state index in [-0.39, 0.29) is 11.6 Å². The maximum Gasteiger partial charge on any atom is 0.165 e. The van der Waals surface area contributed by atoms with Crippen molar-refractivity contribution < 1.29 is 9.13 Å². The number of benzene rings is 3. The molecule has 0 aliphatic heterocycles. The minimum Gasteiger partial charge on any atom is -0.486 e. The van der Waals surface area contributed by atoms with Gasteiger partial charge >= 0.3 is 0 Å². The summed E-state index contributed by atoms with van der Waals surface area (Å²) in [6.45, 7) is 2.61. The summed E-state index contributed by atoms with van der Waals surface area (Å²) in [6, 6.07) is 23.5. The summed E-state index contributed by atoms with van der Waals surface area (Å²) in [7, 11) is 0. The Kier molecular flexibility index (Phi) is 8.30. The third-order valence-corrected chi connectivity index (χ3v) is 5.28. The zero-order chi connectivity index (χ0) is 20.3. The van der Waals surface area contributed by atoms with E-state index in [1.165, 1.54) is 44.1 Å². The fourth-order valence-electron chi connectivity index (χ4n) is 3.51. The van der Waals surface area contributed by atoms with Crippen molar-refractivity contribution in [3.63, 3.8) is 0 Å². The molecule has 0 fully saturated rings. The molecular weight excluding hydrogens is 359 g/mol. The molecule has 3 rings (SSSR count). The molecule has 0 atom stereocenters. The Morgan fingerprint density at radius 1 is 0.690 bits per heavy atom. The van der Waals surface area contributed by atoms with E-state index < -0.39 is 0 Å². The predicted molar refractivity (Wildman–Crippen MR) is 120 cm³/mol. The van der Waals surface area contributed by atoms with E-state index in [2.05, 4.69) is 31.2 Å². The fourth-order valence-corrected chi connectivity index (χ4v) is 3.51. The molecule has 0 saturated heterocycles. The summed E-state index contributed by atoms with van der Waals surface area (Å²) in [5, 5.41) is 0. The molecule has 0 aromatic heterocycles. The van der Waals surface area contributed by atoms with E-state index in [1.807, 2.05) is 36.4 Å². The summed E-state index contributed by atoms with van der Waals surface area (Å²) in [4.78, 5) is 0. The number of ether oxygens (including phenoxy) is 1. The van der Waals surface area contributed by atoms with E-state index in [1.54, 1.807) is 12.1 Å². The summed E-state index contributed by atoms with van der Waals surface area (Å²) in [5.74, 6) is -0.0353. The van der Waals surface area contributed by atoms with Gasteiger partial charge in [0.15, 0.2) is 11.6 Å². The third-order valence-electron chi connectivity index (χ3n) is 5.28. The molecule has 0 N–H and O–H groups in total. The van der Waals surface area contributed by atoms with Gasteiger partial charge < -0.3 is 4.74 Å². The number of hydrogen-bond acceptors (Lipinski definition) is 1. The van der Waals surface area contributed by atoms with Crippen molar-refractivity contribution in [1.82, 2.24) is 0 Å². The van der Waals surface area contributed by atoms with Crippen LogP contribution in [0, 0.1) is 5.82 Å². The molecular formula is C27H31FO. The average molecular weight is 391 g/mol. The van der Waals surface area contributed by atoms with Crippen molar-refractivity contribution >= 4 is 0 Å². The first-order valence-corrected chi connectivity index (χ1v) is 10.8. The average Bonchev–Trinajstić information content (AvgIpc) is 2.76. The summed E-state index contributed by atoms with van der Waals surface area (Å²) in [6.07, 6.45) is 9.00. The van der Waals surface area contributed by atoms with Crippen LogP contribution in [0.1, 0.15) is 56.6 Å². The molecule has 152 valence electrons. The summed E-state index contributed by atoms with van der Waals surface area (Å²) < 4.78 is 20.1. The lowest BCUT2D eigenvalue weighted by atomic mass is 10.0. The molecule has 0 amide bonds. The summed E-state index contributed by atoms with van der Waals surface area (Å²) >= 11 is 0. The van der Waals surface area contributed by atoms with Gasteiger partial charge in [-0.15, -0.1) is 0 Å². The Balaban J connectivity index is 1.53. The topological polar surface area (TPSA) is 9.23 Å². The van der Waals surface area contributed by atoms with E-state index in [0.29, 0.717) is 6.61 Å². The molecule has 0 spiro atoms. The SMILES string of the molecule is CCCCCCCCc1ccc(-c2ccc(OCc3ccccc3)c(F)c2)cc1. The van der Waals surface area contributed by atoms with Gasteiger partial charge in [0.2, 0.25) is 0 Å². The maximum atomic E-state index is 14.5. The highest BCUT2D eigenvalue weighted by Gasteiger charge is 2.07. The molecule has 0 aliphatic rings. The van der Waals surface area contributed by atoms with Crippen LogP contribution in [0.15, 0.2) is 72.8 Å². The van der Waals surface area contributed by atoms with Gasteiger partial charge in [-0.1, -0.05) is 99.7 Å². The van der Waals surface area contributed by atoms with Crippen LogP contribution in [0.25, 0.3) is 11.1 Å². The Morgan fingerprint density at radius 2 is 1.38 bits per heavy atom. The molecule has 2 heteroatoms. The maximum absolute atomic E-state index is 14.5. The Labute approximate surface area is 174 Å². The molecule has 0 heterocycles. The van der Waals surface area contributed by atoms with Crippen LogP contribution >= 0.6 is 0 Å². The van der Waals surface area contributed by atoms with Crippen molar-refractivity contribution in [3.05, 3.63) is 89.7 Å². The van der Waals surface area contributed by atoms with Gasteiger partial charge in [-0.05, 0) is 47.2 Å². The first-order chi connectivity index (χ1) is 14.3. The quantitative estimate of drug-likeness (QED) is 0.302. The lowest BCUT2D eigenvalue weighted by molar-refractivity contribution is 0.290. The number of rotatable bonds is 11. The van der Waals surface area contributed by atoms with Crippen LogP contribution in [0.3, 0.4) is 0 Å². The smallest absolute Gasteiger partial charge is 0.165 e. The zero-order valence-corrected chi connectivity index (χ0v) is 17.4. The van der Waals surface area contributed by atoms with E-state index >= 15 is 0 Å². The second-order valence-corrected chi connectivity index (χ2v) is 7.63. The molecule has 3 aromatic carbocycles. The van der Waals surface area contributed by atoms with Crippen LogP contribution in [0.5, 0.6) is 5.75 Å². The van der Waals surface area contributed by atoms with Gasteiger partial charge in [0.05, 0.1) is 0 Å². The van der Waals surface area contributed by atoms with Crippen LogP contribution in [-0.2, 0) is 13.0 Å². The Bertz CT molecular complexity index is 855. The Morgan fingerprint density at radius 3 is 2.10 bits per heavy atom. The molecule has 0 aliphatic carbocycles. The first kappa shape index (κ1) is 21.1.